The van der Waals surface area contributed by atoms with Gasteiger partial charge in [0.1, 0.15) is 0 Å². The van der Waals surface area contributed by atoms with E-state index in [2.05, 4.69) is 38.3 Å². The molecule has 2 nitrogen and oxygen atoms in total. The Hall–Kier alpha value is -0.0800. The first-order valence-electron chi connectivity index (χ1n) is 5.86. The molecule has 2 heteroatoms. The Bertz CT molecular complexity index is 130. The third kappa shape index (κ3) is 6.39. The zero-order chi connectivity index (χ0) is 11.0. The molecule has 2 N–H and O–H groups in total. The summed E-state index contributed by atoms with van der Waals surface area (Å²) in [5.74, 6) is 0.743. The lowest BCUT2D eigenvalue weighted by molar-refractivity contribution is 0.238. The van der Waals surface area contributed by atoms with Crippen LogP contribution in [0.2, 0.25) is 0 Å². The van der Waals surface area contributed by atoms with Crippen molar-refractivity contribution >= 4 is 0 Å². The van der Waals surface area contributed by atoms with Crippen LogP contribution in [0.15, 0.2) is 0 Å². The van der Waals surface area contributed by atoms with Gasteiger partial charge in [-0.2, -0.15) is 0 Å². The molecule has 0 bridgehead atoms. The van der Waals surface area contributed by atoms with E-state index in [0.717, 1.165) is 25.6 Å². The number of hydrogen-bond donors (Lipinski definition) is 2. The average Bonchev–Trinajstić information content (AvgIpc) is 2.10. The first-order valence-corrected chi connectivity index (χ1v) is 5.86. The maximum absolute atomic E-state index is 3.54. The third-order valence-electron chi connectivity index (χ3n) is 3.17. The monoisotopic (exact) mass is 200 g/mol. The van der Waals surface area contributed by atoms with E-state index in [-0.39, 0.29) is 0 Å². The molecule has 0 aromatic heterocycles. The minimum Gasteiger partial charge on any atom is -0.320 e. The normalized spacial score (nSPS) is 12.4. The lowest BCUT2D eigenvalue weighted by atomic mass is 9.81. The van der Waals surface area contributed by atoms with E-state index >= 15 is 0 Å². The molecule has 14 heavy (non-hydrogen) atoms. The van der Waals surface area contributed by atoms with E-state index in [0.29, 0.717) is 5.41 Å². The second-order valence-electron chi connectivity index (χ2n) is 5.13. The molecule has 86 valence electrons. The molecule has 0 atom stereocenters. The summed E-state index contributed by atoms with van der Waals surface area (Å²) in [7, 11) is 2.01. The fourth-order valence-corrected chi connectivity index (χ4v) is 1.17. The fraction of sp³-hybridized carbons (Fsp3) is 1.00. The molecule has 0 aliphatic carbocycles. The van der Waals surface area contributed by atoms with Crippen LogP contribution < -0.4 is 10.6 Å². The second kappa shape index (κ2) is 7.24. The van der Waals surface area contributed by atoms with Crippen LogP contribution in [0.1, 0.15) is 40.5 Å². The zero-order valence-electron chi connectivity index (χ0n) is 10.6. The fourth-order valence-electron chi connectivity index (χ4n) is 1.17. The van der Waals surface area contributed by atoms with E-state index < -0.39 is 0 Å². The molecule has 0 aromatic rings. The minimum absolute atomic E-state index is 0.420. The maximum atomic E-state index is 3.54. The van der Waals surface area contributed by atoms with Crippen molar-refractivity contribution < 1.29 is 0 Å². The maximum Gasteiger partial charge on any atom is 0.000496 e. The van der Waals surface area contributed by atoms with Gasteiger partial charge < -0.3 is 10.6 Å². The van der Waals surface area contributed by atoms with Gasteiger partial charge in [-0.15, -0.1) is 0 Å². The van der Waals surface area contributed by atoms with Crippen molar-refractivity contribution in [2.24, 2.45) is 11.3 Å². The van der Waals surface area contributed by atoms with Gasteiger partial charge in [0.2, 0.25) is 0 Å². The Morgan fingerprint density at radius 2 is 1.64 bits per heavy atom. The first kappa shape index (κ1) is 13.9. The molecule has 0 aliphatic heterocycles. The van der Waals surface area contributed by atoms with Gasteiger partial charge in [0, 0.05) is 6.54 Å². The summed E-state index contributed by atoms with van der Waals surface area (Å²) in [5, 5.41) is 6.70. The highest BCUT2D eigenvalue weighted by atomic mass is 14.9. The molecule has 0 saturated heterocycles. The molecule has 0 rings (SSSR count). The van der Waals surface area contributed by atoms with E-state index in [1.165, 1.54) is 12.8 Å². The van der Waals surface area contributed by atoms with Crippen molar-refractivity contribution in [1.29, 1.82) is 0 Å². The Morgan fingerprint density at radius 1 is 1.07 bits per heavy atom. The standard InChI is InChI=1S/C12H28N2/c1-11(2)12(3,4)10-14-9-7-6-8-13-5/h11,13-14H,6-10H2,1-5H3. The number of nitrogens with one attached hydrogen (secondary N) is 2. The van der Waals surface area contributed by atoms with E-state index in [1.54, 1.807) is 0 Å². The molecule has 0 aromatic carbocycles. The summed E-state index contributed by atoms with van der Waals surface area (Å²) in [5.41, 5.74) is 0.420. The number of hydrogen-bond acceptors (Lipinski definition) is 2. The van der Waals surface area contributed by atoms with Crippen LogP contribution in [0.4, 0.5) is 0 Å². The van der Waals surface area contributed by atoms with Crippen LogP contribution in [-0.4, -0.2) is 26.7 Å². The van der Waals surface area contributed by atoms with Crippen LogP contribution in [0, 0.1) is 11.3 Å². The van der Waals surface area contributed by atoms with Gasteiger partial charge in [0.05, 0.1) is 0 Å². The van der Waals surface area contributed by atoms with Crippen LogP contribution in [0.5, 0.6) is 0 Å². The molecule has 0 unspecified atom stereocenters. The van der Waals surface area contributed by atoms with Gasteiger partial charge in [-0.25, -0.2) is 0 Å². The summed E-state index contributed by atoms with van der Waals surface area (Å²) >= 11 is 0. The number of unbranched alkanes of at least 4 members (excludes halogenated alkanes) is 1. The lowest BCUT2D eigenvalue weighted by Gasteiger charge is -2.29. The quantitative estimate of drug-likeness (QED) is 0.587. The lowest BCUT2D eigenvalue weighted by Crippen LogP contribution is -2.34. The van der Waals surface area contributed by atoms with Gasteiger partial charge in [0.15, 0.2) is 0 Å². The van der Waals surface area contributed by atoms with E-state index in [4.69, 9.17) is 0 Å². The van der Waals surface area contributed by atoms with Gasteiger partial charge in [-0.3, -0.25) is 0 Å². The topological polar surface area (TPSA) is 24.1 Å². The van der Waals surface area contributed by atoms with Crippen molar-refractivity contribution in [2.45, 2.75) is 40.5 Å². The summed E-state index contributed by atoms with van der Waals surface area (Å²) in [6.45, 7) is 12.7. The predicted octanol–water partition coefficient (Wildman–Crippen LogP) is 2.26. The molecular weight excluding hydrogens is 172 g/mol. The molecule has 0 heterocycles. The molecule has 0 fully saturated rings. The summed E-state index contributed by atoms with van der Waals surface area (Å²) < 4.78 is 0. The van der Waals surface area contributed by atoms with Crippen LogP contribution in [0.3, 0.4) is 0 Å². The van der Waals surface area contributed by atoms with Gasteiger partial charge in [-0.05, 0) is 44.3 Å². The van der Waals surface area contributed by atoms with E-state index in [9.17, 15) is 0 Å². The summed E-state index contributed by atoms with van der Waals surface area (Å²) in [6, 6.07) is 0. The Kier molecular flexibility index (Phi) is 7.20. The second-order valence-corrected chi connectivity index (χ2v) is 5.13. The molecule has 0 amide bonds. The first-order chi connectivity index (χ1) is 6.50. The van der Waals surface area contributed by atoms with Gasteiger partial charge in [0.25, 0.3) is 0 Å². The van der Waals surface area contributed by atoms with Crippen molar-refractivity contribution in [3.8, 4) is 0 Å². The summed E-state index contributed by atoms with van der Waals surface area (Å²) in [4.78, 5) is 0. The van der Waals surface area contributed by atoms with Crippen molar-refractivity contribution in [2.75, 3.05) is 26.7 Å². The average molecular weight is 200 g/mol. The molecule has 0 aliphatic rings. The van der Waals surface area contributed by atoms with Crippen LogP contribution in [-0.2, 0) is 0 Å². The Labute approximate surface area is 89.9 Å². The highest BCUT2D eigenvalue weighted by Crippen LogP contribution is 2.24. The van der Waals surface area contributed by atoms with Crippen molar-refractivity contribution in [3.63, 3.8) is 0 Å². The zero-order valence-corrected chi connectivity index (χ0v) is 10.6. The van der Waals surface area contributed by atoms with Crippen LogP contribution in [0.25, 0.3) is 0 Å². The van der Waals surface area contributed by atoms with Crippen molar-refractivity contribution in [3.05, 3.63) is 0 Å². The predicted molar refractivity (Wildman–Crippen MR) is 64.6 cm³/mol. The highest BCUT2D eigenvalue weighted by molar-refractivity contribution is 4.74. The van der Waals surface area contributed by atoms with E-state index in [1.807, 2.05) is 7.05 Å². The largest absolute Gasteiger partial charge is 0.320 e. The third-order valence-corrected chi connectivity index (χ3v) is 3.17. The molecular formula is C12H28N2. The highest BCUT2D eigenvalue weighted by Gasteiger charge is 2.21. The number of rotatable bonds is 8. The molecule has 0 radical (unpaired) electrons. The SMILES string of the molecule is CNCCCCNCC(C)(C)C(C)C. The summed E-state index contributed by atoms with van der Waals surface area (Å²) in [6.07, 6.45) is 2.54. The van der Waals surface area contributed by atoms with Gasteiger partial charge in [-0.1, -0.05) is 27.7 Å². The molecule has 0 saturated carbocycles. The van der Waals surface area contributed by atoms with Crippen molar-refractivity contribution in [1.82, 2.24) is 10.6 Å². The molecule has 0 spiro atoms. The van der Waals surface area contributed by atoms with Gasteiger partial charge >= 0.3 is 0 Å². The Balaban J connectivity index is 3.35. The van der Waals surface area contributed by atoms with Crippen LogP contribution >= 0.6 is 0 Å². The smallest absolute Gasteiger partial charge is 0.000496 e. The Morgan fingerprint density at radius 3 is 2.14 bits per heavy atom. The minimum atomic E-state index is 0.420.